The first-order valence-corrected chi connectivity index (χ1v) is 9.85. The molecule has 3 atom stereocenters. The minimum Gasteiger partial charge on any atom is -0.477 e. The lowest BCUT2D eigenvalue weighted by Gasteiger charge is -2.44. The number of carboxylic acids is 1. The number of amides is 2. The lowest BCUT2D eigenvalue weighted by atomic mass is 9.82. The predicted molar refractivity (Wildman–Crippen MR) is 105 cm³/mol. The lowest BCUT2D eigenvalue weighted by Crippen LogP contribution is -2.61. The Bertz CT molecular complexity index is 996. The van der Waals surface area contributed by atoms with E-state index >= 15 is 0 Å². The smallest absolute Gasteiger partial charge is 0.417 e. The van der Waals surface area contributed by atoms with E-state index in [1.54, 1.807) is 36.4 Å². The van der Waals surface area contributed by atoms with E-state index < -0.39 is 24.1 Å². The topological polar surface area (TPSA) is 116 Å². The van der Waals surface area contributed by atoms with Crippen molar-refractivity contribution >= 4 is 39.9 Å². The van der Waals surface area contributed by atoms with Gasteiger partial charge in [-0.25, -0.2) is 9.59 Å². The van der Waals surface area contributed by atoms with E-state index in [-0.39, 0.29) is 17.6 Å². The van der Waals surface area contributed by atoms with Gasteiger partial charge >= 0.3 is 12.1 Å². The second kappa shape index (κ2) is 7.34. The highest BCUT2D eigenvalue weighted by atomic mass is 32.1. The van der Waals surface area contributed by atoms with E-state index in [9.17, 15) is 24.6 Å². The maximum absolute atomic E-state index is 12.3. The molecule has 1 fully saturated rings. The summed E-state index contributed by atoms with van der Waals surface area (Å²) in [5, 5.41) is 24.5. The van der Waals surface area contributed by atoms with Gasteiger partial charge in [0.25, 0.3) is 0 Å². The molecule has 0 aliphatic carbocycles. The number of anilines is 1. The van der Waals surface area contributed by atoms with Crippen molar-refractivity contribution in [1.82, 2.24) is 4.90 Å². The molecule has 2 aliphatic rings. The van der Waals surface area contributed by atoms with Gasteiger partial charge in [0.15, 0.2) is 0 Å². The predicted octanol–water partition coefficient (Wildman–Crippen LogP) is 2.77. The molecule has 1 aromatic heterocycles. The van der Waals surface area contributed by atoms with Gasteiger partial charge < -0.3 is 19.8 Å². The maximum Gasteiger partial charge on any atom is 0.417 e. The Morgan fingerprint density at radius 3 is 2.59 bits per heavy atom. The van der Waals surface area contributed by atoms with Crippen LogP contribution in [0.15, 0.2) is 47.5 Å². The molecule has 3 heterocycles. The summed E-state index contributed by atoms with van der Waals surface area (Å²) in [6.45, 7) is 1.53. The highest BCUT2D eigenvalue weighted by molar-refractivity contribution is 7.14. The molecule has 0 saturated carbocycles. The fourth-order valence-corrected chi connectivity index (χ4v) is 4.44. The first kappa shape index (κ1) is 19.2. The molecule has 3 N–H and O–H groups in total. The number of nitrogens with one attached hydrogen (secondary N) is 1. The Labute approximate surface area is 170 Å². The molecule has 150 valence electrons. The number of benzene rings is 1. The Balaban J connectivity index is 1.52. The molecule has 1 saturated heterocycles. The molecule has 0 spiro atoms. The number of aliphatic carboxylic acids is 1. The molecule has 29 heavy (non-hydrogen) atoms. The molecular weight excluding hydrogens is 396 g/mol. The molecule has 9 heteroatoms. The largest absolute Gasteiger partial charge is 0.477 e. The summed E-state index contributed by atoms with van der Waals surface area (Å²) in [5.41, 5.74) is 1.09. The molecule has 2 aliphatic heterocycles. The van der Waals surface area contributed by atoms with E-state index in [4.69, 9.17) is 4.74 Å². The van der Waals surface area contributed by atoms with Gasteiger partial charge in [0.2, 0.25) is 5.91 Å². The van der Waals surface area contributed by atoms with Crippen LogP contribution in [0.2, 0.25) is 0 Å². The number of β-lactam (4-membered cyclic amide) rings is 1. The summed E-state index contributed by atoms with van der Waals surface area (Å²) >= 11 is 1.37. The van der Waals surface area contributed by atoms with Crippen molar-refractivity contribution in [3.8, 4) is 5.75 Å². The summed E-state index contributed by atoms with van der Waals surface area (Å²) in [5.74, 6) is -1.84. The average Bonchev–Trinajstić information content (AvgIpc) is 3.27. The normalized spacial score (nSPS) is 21.4. The number of nitrogens with zero attached hydrogens (tertiary/aromatic N) is 1. The fourth-order valence-electron chi connectivity index (χ4n) is 3.83. The van der Waals surface area contributed by atoms with Crippen LogP contribution in [0.25, 0.3) is 5.57 Å². The van der Waals surface area contributed by atoms with Gasteiger partial charge in [0.1, 0.15) is 11.4 Å². The van der Waals surface area contributed by atoms with Crippen molar-refractivity contribution in [2.45, 2.75) is 25.5 Å². The van der Waals surface area contributed by atoms with Crippen molar-refractivity contribution < 1.29 is 29.3 Å². The molecule has 0 bridgehead atoms. The summed E-state index contributed by atoms with van der Waals surface area (Å²) in [6, 6.07) is 9.65. The number of carboxylic acid groups (broad SMARTS) is 1. The van der Waals surface area contributed by atoms with Gasteiger partial charge in [-0.1, -0.05) is 12.1 Å². The third-order valence-electron chi connectivity index (χ3n) is 5.09. The van der Waals surface area contributed by atoms with Crippen LogP contribution in [0.1, 0.15) is 18.9 Å². The van der Waals surface area contributed by atoms with Gasteiger partial charge in [-0.15, -0.1) is 11.3 Å². The molecule has 8 nitrogen and oxygen atoms in total. The minimum atomic E-state index is -1.18. The van der Waals surface area contributed by atoms with E-state index in [0.717, 1.165) is 0 Å². The zero-order chi connectivity index (χ0) is 20.7. The van der Waals surface area contributed by atoms with Crippen LogP contribution in [0.5, 0.6) is 5.75 Å². The second-order valence-electron chi connectivity index (χ2n) is 6.89. The SMILES string of the molecule is C[C@@H](O)[C@H]1C(=O)N2C(C(=O)O)=C(c3ccc(OC(=O)Nc4cccs4)cc3)C[C@H]12. The summed E-state index contributed by atoms with van der Waals surface area (Å²) in [4.78, 5) is 37.2. The van der Waals surface area contributed by atoms with Crippen molar-refractivity contribution in [2.75, 3.05) is 5.32 Å². The number of hydrogen-bond acceptors (Lipinski definition) is 6. The number of hydrogen-bond donors (Lipinski definition) is 3. The summed E-state index contributed by atoms with van der Waals surface area (Å²) in [7, 11) is 0. The van der Waals surface area contributed by atoms with Crippen LogP contribution in [0, 0.1) is 5.92 Å². The minimum absolute atomic E-state index is 0.0546. The van der Waals surface area contributed by atoms with E-state index in [2.05, 4.69) is 5.32 Å². The highest BCUT2D eigenvalue weighted by Gasteiger charge is 2.56. The van der Waals surface area contributed by atoms with Crippen LogP contribution in [-0.4, -0.2) is 45.2 Å². The average molecular weight is 414 g/mol. The number of rotatable bonds is 5. The first-order chi connectivity index (χ1) is 13.9. The lowest BCUT2D eigenvalue weighted by molar-refractivity contribution is -0.161. The summed E-state index contributed by atoms with van der Waals surface area (Å²) < 4.78 is 5.23. The summed E-state index contributed by atoms with van der Waals surface area (Å²) in [6.07, 6.45) is -1.11. The highest BCUT2D eigenvalue weighted by Crippen LogP contribution is 2.47. The fraction of sp³-hybridized carbons (Fsp3) is 0.250. The molecular formula is C20H18N2O6S. The third-order valence-corrected chi connectivity index (χ3v) is 5.88. The molecule has 0 radical (unpaired) electrons. The number of carbonyl (C=O) groups is 3. The van der Waals surface area contributed by atoms with Crippen molar-refractivity contribution in [3.05, 3.63) is 53.0 Å². The van der Waals surface area contributed by atoms with Crippen LogP contribution < -0.4 is 10.1 Å². The second-order valence-corrected chi connectivity index (χ2v) is 7.84. The third kappa shape index (κ3) is 3.39. The van der Waals surface area contributed by atoms with Crippen LogP contribution in [-0.2, 0) is 9.59 Å². The van der Waals surface area contributed by atoms with E-state index in [0.29, 0.717) is 28.3 Å². The van der Waals surface area contributed by atoms with E-state index in [1.165, 1.54) is 23.2 Å². The Kier molecular flexibility index (Phi) is 4.85. The number of aliphatic hydroxyl groups is 1. The molecule has 4 rings (SSSR count). The number of thiophene rings is 1. The van der Waals surface area contributed by atoms with Crippen LogP contribution in [0.3, 0.4) is 0 Å². The van der Waals surface area contributed by atoms with Crippen molar-refractivity contribution in [1.29, 1.82) is 0 Å². The van der Waals surface area contributed by atoms with Gasteiger partial charge in [0, 0.05) is 0 Å². The quantitative estimate of drug-likeness (QED) is 0.648. The Hall–Kier alpha value is -3.17. The molecule has 1 aromatic carbocycles. The number of fused-ring (bicyclic) bond motifs is 1. The van der Waals surface area contributed by atoms with Crippen molar-refractivity contribution in [3.63, 3.8) is 0 Å². The van der Waals surface area contributed by atoms with Crippen LogP contribution >= 0.6 is 11.3 Å². The van der Waals surface area contributed by atoms with Gasteiger partial charge in [-0.3, -0.25) is 10.1 Å². The number of carbonyl (C=O) groups excluding carboxylic acids is 2. The van der Waals surface area contributed by atoms with Crippen LogP contribution in [0.4, 0.5) is 9.80 Å². The molecule has 0 unspecified atom stereocenters. The van der Waals surface area contributed by atoms with Gasteiger partial charge in [-0.05, 0) is 54.1 Å². The number of aliphatic hydroxyl groups excluding tert-OH is 1. The standard InChI is InChI=1S/C20H18N2O6S/c1-10(23)16-14-9-13(17(19(25)26)22(14)18(16)24)11-4-6-12(7-5-11)28-20(27)21-15-3-2-8-29-15/h2-8,10,14,16,23H,9H2,1H3,(H,21,27)(H,25,26)/t10-,14-,16-/m1/s1. The first-order valence-electron chi connectivity index (χ1n) is 8.97. The van der Waals surface area contributed by atoms with E-state index in [1.807, 2.05) is 5.38 Å². The Morgan fingerprint density at radius 2 is 2.00 bits per heavy atom. The molecule has 2 aromatic rings. The maximum atomic E-state index is 12.3. The van der Waals surface area contributed by atoms with Gasteiger partial charge in [-0.2, -0.15) is 0 Å². The number of ether oxygens (including phenoxy) is 1. The Morgan fingerprint density at radius 1 is 1.28 bits per heavy atom. The van der Waals surface area contributed by atoms with Gasteiger partial charge in [0.05, 0.1) is 23.1 Å². The van der Waals surface area contributed by atoms with Crippen molar-refractivity contribution in [2.24, 2.45) is 5.92 Å². The zero-order valence-electron chi connectivity index (χ0n) is 15.4. The zero-order valence-corrected chi connectivity index (χ0v) is 16.2. The monoisotopic (exact) mass is 414 g/mol. The molecule has 2 amide bonds.